The van der Waals surface area contributed by atoms with Crippen molar-refractivity contribution < 1.29 is 0 Å². The summed E-state index contributed by atoms with van der Waals surface area (Å²) in [6, 6.07) is 8.23. The molecule has 0 amide bonds. The lowest BCUT2D eigenvalue weighted by molar-refractivity contribution is 0.158. The van der Waals surface area contributed by atoms with Gasteiger partial charge in [-0.05, 0) is 27.2 Å². The number of benzene rings is 1. The summed E-state index contributed by atoms with van der Waals surface area (Å²) in [5.74, 6) is 0.850. The van der Waals surface area contributed by atoms with E-state index in [1.165, 1.54) is 0 Å². The molecule has 1 saturated heterocycles. The fraction of sp³-hybridized carbons (Fsp3) is 0.571. The molecular formula is C21H35N7. The number of rotatable bonds is 8. The number of nitrogens with one attached hydrogen (secondary N) is 1. The Hall–Kier alpha value is -2.09. The first kappa shape index (κ1) is 20.6. The fourth-order valence-electron chi connectivity index (χ4n) is 3.56. The van der Waals surface area contributed by atoms with Crippen LogP contribution in [0, 0.1) is 0 Å². The number of nitrogen functional groups attached to an aromatic ring is 1. The smallest absolute Gasteiger partial charge is 0.154 e. The number of hydrogen-bond acceptors (Lipinski definition) is 7. The second-order valence-corrected chi connectivity index (χ2v) is 8.04. The van der Waals surface area contributed by atoms with E-state index in [0.717, 1.165) is 80.5 Å². The molecule has 28 heavy (non-hydrogen) atoms. The number of hydrogen-bond donors (Lipinski definition) is 2. The molecule has 7 nitrogen and oxygen atoms in total. The van der Waals surface area contributed by atoms with Gasteiger partial charge in [-0.3, -0.25) is 4.90 Å². The van der Waals surface area contributed by atoms with Gasteiger partial charge in [-0.1, -0.05) is 18.2 Å². The van der Waals surface area contributed by atoms with E-state index in [1.54, 1.807) is 0 Å². The monoisotopic (exact) mass is 385 g/mol. The Balaban J connectivity index is 1.76. The minimum Gasteiger partial charge on any atom is -0.394 e. The Labute approximate surface area is 169 Å². The largest absolute Gasteiger partial charge is 0.394 e. The van der Waals surface area contributed by atoms with Crippen molar-refractivity contribution in [2.24, 2.45) is 0 Å². The molecule has 1 aromatic heterocycles. The predicted octanol–water partition coefficient (Wildman–Crippen LogP) is 1.47. The van der Waals surface area contributed by atoms with Gasteiger partial charge in [-0.25, -0.2) is 4.98 Å². The summed E-state index contributed by atoms with van der Waals surface area (Å²) in [6.07, 6.45) is 0. The Morgan fingerprint density at radius 3 is 2.50 bits per heavy atom. The van der Waals surface area contributed by atoms with Crippen LogP contribution in [0.4, 0.5) is 17.2 Å². The summed E-state index contributed by atoms with van der Waals surface area (Å²) < 4.78 is 0. The molecule has 1 aliphatic rings. The van der Waals surface area contributed by atoms with E-state index in [0.29, 0.717) is 0 Å². The van der Waals surface area contributed by atoms with Gasteiger partial charge < -0.3 is 25.8 Å². The number of likely N-dealkylation sites (N-methyl/N-ethyl adjacent to an activating group) is 3. The van der Waals surface area contributed by atoms with Gasteiger partial charge in [-0.2, -0.15) is 0 Å². The van der Waals surface area contributed by atoms with Crippen molar-refractivity contribution in [1.29, 1.82) is 0 Å². The highest BCUT2D eigenvalue weighted by Crippen LogP contribution is 2.35. The van der Waals surface area contributed by atoms with E-state index in [1.807, 2.05) is 12.1 Å². The number of nitrogens with zero attached hydrogens (tertiary/aromatic N) is 5. The normalized spacial score (nSPS) is 16.0. The van der Waals surface area contributed by atoms with Crippen molar-refractivity contribution in [1.82, 2.24) is 19.7 Å². The molecule has 2 heterocycles. The molecule has 1 fully saturated rings. The van der Waals surface area contributed by atoms with Gasteiger partial charge in [0.15, 0.2) is 5.82 Å². The van der Waals surface area contributed by atoms with Gasteiger partial charge in [-0.15, -0.1) is 0 Å². The third-order valence-corrected chi connectivity index (χ3v) is 5.48. The highest BCUT2D eigenvalue weighted by atomic mass is 15.3. The summed E-state index contributed by atoms with van der Waals surface area (Å²) in [6.45, 7) is 8.27. The van der Waals surface area contributed by atoms with Crippen molar-refractivity contribution in [2.75, 3.05) is 96.5 Å². The fourth-order valence-corrected chi connectivity index (χ4v) is 3.56. The zero-order valence-corrected chi connectivity index (χ0v) is 17.8. The van der Waals surface area contributed by atoms with Crippen LogP contribution in [0.1, 0.15) is 0 Å². The first-order valence-electron chi connectivity index (χ1n) is 10.1. The third kappa shape index (κ3) is 5.04. The molecule has 3 rings (SSSR count). The van der Waals surface area contributed by atoms with Crippen molar-refractivity contribution in [3.63, 3.8) is 0 Å². The Kier molecular flexibility index (Phi) is 6.93. The standard InChI is InChI=1S/C21H35N7/c1-25(2)11-14-27(4)21-19(22)20(17-7-5-6-8-18(17)24-21)23-9-10-28-15-12-26(3)13-16-28/h5-8H,9-16,22H2,1-4H3,(H,23,24). The molecule has 0 unspecified atom stereocenters. The summed E-state index contributed by atoms with van der Waals surface area (Å²) in [7, 11) is 8.41. The third-order valence-electron chi connectivity index (χ3n) is 5.48. The molecule has 0 atom stereocenters. The number of fused-ring (bicyclic) bond motifs is 1. The van der Waals surface area contributed by atoms with E-state index >= 15 is 0 Å². The number of aromatic nitrogens is 1. The number of pyridine rings is 1. The minimum atomic E-state index is 0.735. The molecule has 2 aromatic rings. The zero-order valence-electron chi connectivity index (χ0n) is 17.8. The molecule has 0 aliphatic carbocycles. The number of piperazine rings is 1. The van der Waals surface area contributed by atoms with Gasteiger partial charge in [0.1, 0.15) is 0 Å². The molecule has 1 aliphatic heterocycles. The molecule has 1 aromatic carbocycles. The van der Waals surface area contributed by atoms with Gasteiger partial charge in [0.25, 0.3) is 0 Å². The second-order valence-electron chi connectivity index (χ2n) is 8.04. The van der Waals surface area contributed by atoms with Gasteiger partial charge in [0.05, 0.1) is 16.9 Å². The lowest BCUT2D eigenvalue weighted by Gasteiger charge is -2.32. The number of nitrogens with two attached hydrogens (primary N) is 1. The van der Waals surface area contributed by atoms with Crippen molar-refractivity contribution in [3.05, 3.63) is 24.3 Å². The highest BCUT2D eigenvalue weighted by molar-refractivity contribution is 6.01. The van der Waals surface area contributed by atoms with Crippen LogP contribution in [-0.2, 0) is 0 Å². The molecule has 3 N–H and O–H groups in total. The van der Waals surface area contributed by atoms with Crippen LogP contribution in [0.3, 0.4) is 0 Å². The molecular weight excluding hydrogens is 350 g/mol. The summed E-state index contributed by atoms with van der Waals surface area (Å²) in [5.41, 5.74) is 9.31. The van der Waals surface area contributed by atoms with Crippen molar-refractivity contribution >= 4 is 28.1 Å². The maximum absolute atomic E-state index is 6.59. The van der Waals surface area contributed by atoms with E-state index in [-0.39, 0.29) is 0 Å². The Bertz CT molecular complexity index is 769. The zero-order chi connectivity index (χ0) is 20.1. The topological polar surface area (TPSA) is 63.9 Å². The Morgan fingerprint density at radius 1 is 1.07 bits per heavy atom. The molecule has 0 radical (unpaired) electrons. The summed E-state index contributed by atoms with van der Waals surface area (Å²) in [4.78, 5) is 14.1. The predicted molar refractivity (Wildman–Crippen MR) is 120 cm³/mol. The average molecular weight is 386 g/mol. The van der Waals surface area contributed by atoms with Crippen LogP contribution < -0.4 is 16.0 Å². The van der Waals surface area contributed by atoms with E-state index < -0.39 is 0 Å². The van der Waals surface area contributed by atoms with Crippen LogP contribution in [0.25, 0.3) is 10.9 Å². The van der Waals surface area contributed by atoms with Crippen LogP contribution in [-0.4, -0.2) is 100 Å². The van der Waals surface area contributed by atoms with Gasteiger partial charge >= 0.3 is 0 Å². The maximum Gasteiger partial charge on any atom is 0.154 e. The molecule has 7 heteroatoms. The molecule has 0 bridgehead atoms. The number of para-hydroxylation sites is 1. The summed E-state index contributed by atoms with van der Waals surface area (Å²) in [5, 5.41) is 4.70. The van der Waals surface area contributed by atoms with Gasteiger partial charge in [0.2, 0.25) is 0 Å². The Morgan fingerprint density at radius 2 is 1.79 bits per heavy atom. The molecule has 0 spiro atoms. The lowest BCUT2D eigenvalue weighted by atomic mass is 10.1. The van der Waals surface area contributed by atoms with Crippen LogP contribution in [0.2, 0.25) is 0 Å². The van der Waals surface area contributed by atoms with Crippen LogP contribution >= 0.6 is 0 Å². The van der Waals surface area contributed by atoms with Crippen molar-refractivity contribution in [3.8, 4) is 0 Å². The highest BCUT2D eigenvalue weighted by Gasteiger charge is 2.17. The average Bonchev–Trinajstić information content (AvgIpc) is 2.69. The van der Waals surface area contributed by atoms with E-state index in [2.05, 4.69) is 65.2 Å². The molecule has 0 saturated carbocycles. The summed E-state index contributed by atoms with van der Waals surface area (Å²) >= 11 is 0. The van der Waals surface area contributed by atoms with Crippen LogP contribution in [0.5, 0.6) is 0 Å². The first-order valence-corrected chi connectivity index (χ1v) is 10.1. The maximum atomic E-state index is 6.59. The first-order chi connectivity index (χ1) is 13.5. The quantitative estimate of drug-likeness (QED) is 0.713. The van der Waals surface area contributed by atoms with E-state index in [9.17, 15) is 0 Å². The van der Waals surface area contributed by atoms with Gasteiger partial charge in [0, 0.05) is 64.8 Å². The van der Waals surface area contributed by atoms with E-state index in [4.69, 9.17) is 10.7 Å². The lowest BCUT2D eigenvalue weighted by Crippen LogP contribution is -2.45. The second kappa shape index (κ2) is 9.41. The van der Waals surface area contributed by atoms with Crippen molar-refractivity contribution in [2.45, 2.75) is 0 Å². The minimum absolute atomic E-state index is 0.735. The number of anilines is 3. The SMILES string of the molecule is CN(C)CCN(C)c1nc2ccccc2c(NCCN2CCN(C)CC2)c1N. The van der Waals surface area contributed by atoms with Crippen LogP contribution in [0.15, 0.2) is 24.3 Å². The molecule has 154 valence electrons.